The maximum absolute atomic E-state index is 12.2. The van der Waals surface area contributed by atoms with Gasteiger partial charge in [-0.15, -0.1) is 0 Å². The number of benzene rings is 2. The molecule has 4 heteroatoms. The minimum atomic E-state index is -0.484. The molecule has 2 rings (SSSR count). The van der Waals surface area contributed by atoms with Crippen LogP contribution in [0.25, 0.3) is 10.8 Å². The summed E-state index contributed by atoms with van der Waals surface area (Å²) in [6.07, 6.45) is 0.885. The summed E-state index contributed by atoms with van der Waals surface area (Å²) < 4.78 is 1.01. The van der Waals surface area contributed by atoms with Crippen LogP contribution in [0, 0.1) is 5.92 Å². The highest BCUT2D eigenvalue weighted by molar-refractivity contribution is 9.10. The molecular weight excluding hydrogens is 316 g/mol. The van der Waals surface area contributed by atoms with Crippen LogP contribution in [0.15, 0.2) is 40.9 Å². The van der Waals surface area contributed by atoms with E-state index in [2.05, 4.69) is 21.2 Å². The van der Waals surface area contributed by atoms with Gasteiger partial charge in [-0.25, -0.2) is 0 Å². The number of anilines is 1. The van der Waals surface area contributed by atoms with Crippen molar-refractivity contribution in [3.63, 3.8) is 0 Å². The number of nitrogens with one attached hydrogen (secondary N) is 1. The second-order valence-electron chi connectivity index (χ2n) is 5.04. The van der Waals surface area contributed by atoms with Crippen molar-refractivity contribution in [1.82, 2.24) is 0 Å². The molecule has 20 heavy (non-hydrogen) atoms. The van der Waals surface area contributed by atoms with Gasteiger partial charge in [-0.2, -0.15) is 0 Å². The zero-order valence-corrected chi connectivity index (χ0v) is 13.3. The molecular formula is C16H19BrN2O. The Balaban J connectivity index is 2.31. The fraction of sp³-hybridized carbons (Fsp3) is 0.312. The van der Waals surface area contributed by atoms with E-state index in [-0.39, 0.29) is 11.8 Å². The van der Waals surface area contributed by atoms with Gasteiger partial charge in [0.1, 0.15) is 0 Å². The van der Waals surface area contributed by atoms with E-state index in [0.717, 1.165) is 27.4 Å². The predicted octanol–water partition coefficient (Wildman–Crippen LogP) is 3.91. The van der Waals surface area contributed by atoms with E-state index in [0.29, 0.717) is 0 Å². The van der Waals surface area contributed by atoms with Crippen LogP contribution < -0.4 is 11.1 Å². The third-order valence-electron chi connectivity index (χ3n) is 3.69. The highest BCUT2D eigenvalue weighted by Gasteiger charge is 2.20. The molecule has 2 aromatic carbocycles. The van der Waals surface area contributed by atoms with Crippen LogP contribution in [-0.4, -0.2) is 11.9 Å². The Bertz CT molecular complexity index is 627. The van der Waals surface area contributed by atoms with Crippen LogP contribution in [0.4, 0.5) is 5.69 Å². The summed E-state index contributed by atoms with van der Waals surface area (Å²) in [7, 11) is 0. The van der Waals surface area contributed by atoms with Gasteiger partial charge in [0.2, 0.25) is 5.91 Å². The number of halogens is 1. The van der Waals surface area contributed by atoms with Crippen LogP contribution in [0.1, 0.15) is 20.3 Å². The van der Waals surface area contributed by atoms with Gasteiger partial charge in [0.25, 0.3) is 0 Å². The lowest BCUT2D eigenvalue weighted by atomic mass is 9.99. The normalized spacial score (nSPS) is 14.0. The second kappa shape index (κ2) is 6.37. The number of amides is 1. The topological polar surface area (TPSA) is 55.1 Å². The third kappa shape index (κ3) is 3.02. The lowest BCUT2D eigenvalue weighted by molar-refractivity contribution is -0.118. The largest absolute Gasteiger partial charge is 0.324 e. The van der Waals surface area contributed by atoms with Gasteiger partial charge < -0.3 is 11.1 Å². The van der Waals surface area contributed by atoms with Gasteiger partial charge in [-0.3, -0.25) is 4.79 Å². The molecule has 1 amide bonds. The molecule has 3 N–H and O–H groups in total. The summed E-state index contributed by atoms with van der Waals surface area (Å²) in [6.45, 7) is 4.02. The maximum Gasteiger partial charge on any atom is 0.241 e. The monoisotopic (exact) mass is 334 g/mol. The van der Waals surface area contributed by atoms with Gasteiger partial charge in [-0.1, -0.05) is 60.5 Å². The molecule has 2 unspecified atom stereocenters. The van der Waals surface area contributed by atoms with Crippen molar-refractivity contribution in [2.45, 2.75) is 26.3 Å². The summed E-state index contributed by atoms with van der Waals surface area (Å²) >= 11 is 3.52. The average molecular weight is 335 g/mol. The molecule has 0 aliphatic heterocycles. The number of hydrogen-bond donors (Lipinski definition) is 2. The minimum Gasteiger partial charge on any atom is -0.324 e. The van der Waals surface area contributed by atoms with Crippen molar-refractivity contribution in [2.75, 3.05) is 5.32 Å². The van der Waals surface area contributed by atoms with Crippen molar-refractivity contribution in [3.8, 4) is 0 Å². The summed E-state index contributed by atoms with van der Waals surface area (Å²) in [4.78, 5) is 12.2. The Morgan fingerprint density at radius 3 is 2.55 bits per heavy atom. The van der Waals surface area contributed by atoms with Gasteiger partial charge in [0.15, 0.2) is 0 Å². The zero-order chi connectivity index (χ0) is 14.7. The van der Waals surface area contributed by atoms with Crippen LogP contribution in [-0.2, 0) is 4.79 Å². The smallest absolute Gasteiger partial charge is 0.241 e. The molecule has 0 radical (unpaired) electrons. The quantitative estimate of drug-likeness (QED) is 0.890. The number of carbonyl (C=O) groups excluding carboxylic acids is 1. The minimum absolute atomic E-state index is 0.133. The molecule has 0 saturated heterocycles. The Morgan fingerprint density at radius 2 is 1.90 bits per heavy atom. The van der Waals surface area contributed by atoms with E-state index < -0.39 is 6.04 Å². The van der Waals surface area contributed by atoms with E-state index >= 15 is 0 Å². The molecule has 0 aliphatic rings. The highest BCUT2D eigenvalue weighted by atomic mass is 79.9. The van der Waals surface area contributed by atoms with Gasteiger partial charge >= 0.3 is 0 Å². The molecule has 0 fully saturated rings. The third-order valence-corrected chi connectivity index (χ3v) is 4.38. The van der Waals surface area contributed by atoms with E-state index in [1.54, 1.807) is 0 Å². The summed E-state index contributed by atoms with van der Waals surface area (Å²) in [6, 6.07) is 11.3. The van der Waals surface area contributed by atoms with Crippen LogP contribution >= 0.6 is 15.9 Å². The van der Waals surface area contributed by atoms with Crippen molar-refractivity contribution in [3.05, 3.63) is 40.9 Å². The van der Waals surface area contributed by atoms with Gasteiger partial charge in [0, 0.05) is 15.5 Å². The number of nitrogens with two attached hydrogens (primary N) is 1. The van der Waals surface area contributed by atoms with E-state index in [1.807, 2.05) is 50.2 Å². The Morgan fingerprint density at radius 1 is 1.25 bits per heavy atom. The Labute approximate surface area is 127 Å². The molecule has 0 saturated carbocycles. The zero-order valence-electron chi connectivity index (χ0n) is 11.7. The summed E-state index contributed by atoms with van der Waals surface area (Å²) in [5, 5.41) is 5.02. The first kappa shape index (κ1) is 15.0. The van der Waals surface area contributed by atoms with Crippen LogP contribution in [0.3, 0.4) is 0 Å². The molecule has 2 aromatic rings. The molecule has 0 aromatic heterocycles. The standard InChI is InChI=1S/C16H19BrN2O/c1-3-10(2)15(18)16(20)19-14-9-8-13(17)11-6-4-5-7-12(11)14/h4-10,15H,3,18H2,1-2H3,(H,19,20). The number of fused-ring (bicyclic) bond motifs is 1. The SMILES string of the molecule is CCC(C)C(N)C(=O)Nc1ccc(Br)c2ccccc12. The van der Waals surface area contributed by atoms with E-state index in [1.165, 1.54) is 0 Å². The fourth-order valence-electron chi connectivity index (χ4n) is 2.10. The van der Waals surface area contributed by atoms with Crippen molar-refractivity contribution < 1.29 is 4.79 Å². The molecule has 0 bridgehead atoms. The number of hydrogen-bond acceptors (Lipinski definition) is 2. The predicted molar refractivity (Wildman–Crippen MR) is 87.7 cm³/mol. The van der Waals surface area contributed by atoms with Crippen LogP contribution in [0.2, 0.25) is 0 Å². The molecule has 0 spiro atoms. The summed E-state index contributed by atoms with van der Waals surface area (Å²) in [5.41, 5.74) is 6.77. The van der Waals surface area contributed by atoms with E-state index in [4.69, 9.17) is 5.73 Å². The fourth-order valence-corrected chi connectivity index (χ4v) is 2.58. The second-order valence-corrected chi connectivity index (χ2v) is 5.90. The first-order valence-corrected chi connectivity index (χ1v) is 7.57. The summed E-state index contributed by atoms with van der Waals surface area (Å²) in [5.74, 6) is 0.0311. The number of rotatable bonds is 4. The first-order chi connectivity index (χ1) is 9.54. The van der Waals surface area contributed by atoms with Crippen LogP contribution in [0.5, 0.6) is 0 Å². The Hall–Kier alpha value is -1.39. The van der Waals surface area contributed by atoms with Crippen molar-refractivity contribution in [2.24, 2.45) is 11.7 Å². The molecule has 2 atom stereocenters. The highest BCUT2D eigenvalue weighted by Crippen LogP contribution is 2.30. The Kier molecular flexibility index (Phi) is 4.78. The van der Waals surface area contributed by atoms with Gasteiger partial charge in [0.05, 0.1) is 6.04 Å². The lowest BCUT2D eigenvalue weighted by Crippen LogP contribution is -2.40. The van der Waals surface area contributed by atoms with E-state index in [9.17, 15) is 4.79 Å². The maximum atomic E-state index is 12.2. The average Bonchev–Trinajstić information content (AvgIpc) is 2.48. The van der Waals surface area contributed by atoms with Crippen molar-refractivity contribution >= 4 is 38.3 Å². The number of carbonyl (C=O) groups is 1. The molecule has 3 nitrogen and oxygen atoms in total. The molecule has 0 aliphatic carbocycles. The first-order valence-electron chi connectivity index (χ1n) is 6.78. The lowest BCUT2D eigenvalue weighted by Gasteiger charge is -2.18. The van der Waals surface area contributed by atoms with Gasteiger partial charge in [-0.05, 0) is 23.4 Å². The van der Waals surface area contributed by atoms with Crippen molar-refractivity contribution in [1.29, 1.82) is 0 Å². The molecule has 106 valence electrons. The molecule has 0 heterocycles.